The lowest BCUT2D eigenvalue weighted by atomic mass is 10.0. The normalized spacial score (nSPS) is 11.7. The highest BCUT2D eigenvalue weighted by Gasteiger charge is 2.25. The van der Waals surface area contributed by atoms with Crippen molar-refractivity contribution in [3.05, 3.63) is 75.2 Å². The molecule has 9 nitrogen and oxygen atoms in total. The SMILES string of the molecule is COc1ccc2ccccc2c1Cn1nc2c(c1-c1nccn1C)c(=O)n(C)c(=O)n2CC(C)C. The lowest BCUT2D eigenvalue weighted by Gasteiger charge is -2.14. The quantitative estimate of drug-likeness (QED) is 0.379. The summed E-state index contributed by atoms with van der Waals surface area (Å²) in [7, 11) is 5.02. The van der Waals surface area contributed by atoms with Crippen LogP contribution in [-0.2, 0) is 27.2 Å². The molecule has 0 aliphatic carbocycles. The van der Waals surface area contributed by atoms with Gasteiger partial charge < -0.3 is 9.30 Å². The molecule has 2 aromatic carbocycles. The number of imidazole rings is 1. The minimum absolute atomic E-state index is 0.188. The van der Waals surface area contributed by atoms with Crippen LogP contribution in [0.2, 0.25) is 0 Å². The monoisotopic (exact) mass is 472 g/mol. The Kier molecular flexibility index (Phi) is 5.55. The summed E-state index contributed by atoms with van der Waals surface area (Å²) in [5, 5.41) is 7.34. The van der Waals surface area contributed by atoms with Gasteiger partial charge >= 0.3 is 5.69 Å². The van der Waals surface area contributed by atoms with Gasteiger partial charge in [-0.2, -0.15) is 5.10 Å². The first-order chi connectivity index (χ1) is 16.8. The standard InChI is InChI=1S/C26H28N6O3/c1-16(2)14-31-23-21(25(33)30(4)26(31)34)22(24-27-12-13-29(24)3)32(28-23)15-19-18-9-7-6-8-17(18)10-11-20(19)35-5/h6-13,16H,14-15H2,1-5H3. The summed E-state index contributed by atoms with van der Waals surface area (Å²) in [5.41, 5.74) is 1.10. The average Bonchev–Trinajstić information content (AvgIpc) is 3.43. The largest absolute Gasteiger partial charge is 0.496 e. The van der Waals surface area contributed by atoms with Crippen LogP contribution in [-0.4, -0.2) is 35.6 Å². The first-order valence-corrected chi connectivity index (χ1v) is 11.5. The van der Waals surface area contributed by atoms with E-state index in [1.54, 1.807) is 22.6 Å². The van der Waals surface area contributed by atoms with Crippen molar-refractivity contribution in [2.75, 3.05) is 7.11 Å². The molecule has 0 fully saturated rings. The Bertz CT molecular complexity index is 1690. The predicted octanol–water partition coefficient (Wildman–Crippen LogP) is 3.16. The molecule has 0 saturated heterocycles. The van der Waals surface area contributed by atoms with E-state index < -0.39 is 0 Å². The summed E-state index contributed by atoms with van der Waals surface area (Å²) < 4.78 is 12.1. The van der Waals surface area contributed by atoms with Crippen molar-refractivity contribution in [3.8, 4) is 17.3 Å². The lowest BCUT2D eigenvalue weighted by molar-refractivity contribution is 0.408. The summed E-state index contributed by atoms with van der Waals surface area (Å²) in [6.45, 7) is 4.83. The highest BCUT2D eigenvalue weighted by atomic mass is 16.5. The molecule has 0 aliphatic heterocycles. The minimum atomic E-state index is -0.390. The van der Waals surface area contributed by atoms with Crippen molar-refractivity contribution in [2.45, 2.75) is 26.9 Å². The second-order valence-corrected chi connectivity index (χ2v) is 9.19. The van der Waals surface area contributed by atoms with E-state index in [0.29, 0.717) is 35.6 Å². The Morgan fingerprint density at radius 1 is 1.06 bits per heavy atom. The van der Waals surface area contributed by atoms with Gasteiger partial charge in [0.1, 0.15) is 16.8 Å². The van der Waals surface area contributed by atoms with E-state index in [9.17, 15) is 9.59 Å². The summed E-state index contributed by atoms with van der Waals surface area (Å²) in [4.78, 5) is 31.1. The first kappa shape index (κ1) is 22.6. The van der Waals surface area contributed by atoms with Crippen LogP contribution in [0.4, 0.5) is 0 Å². The maximum absolute atomic E-state index is 13.5. The van der Waals surface area contributed by atoms with Crippen molar-refractivity contribution in [2.24, 2.45) is 20.0 Å². The summed E-state index contributed by atoms with van der Waals surface area (Å²) in [6.07, 6.45) is 3.51. The number of hydrogen-bond acceptors (Lipinski definition) is 5. The molecule has 0 spiro atoms. The van der Waals surface area contributed by atoms with Gasteiger partial charge in [0.2, 0.25) is 0 Å². The number of aryl methyl sites for hydroxylation is 1. The van der Waals surface area contributed by atoms with Gasteiger partial charge in [-0.05, 0) is 22.8 Å². The fraction of sp³-hybridized carbons (Fsp3) is 0.308. The Morgan fingerprint density at radius 2 is 1.83 bits per heavy atom. The maximum Gasteiger partial charge on any atom is 0.332 e. The molecule has 9 heteroatoms. The van der Waals surface area contributed by atoms with Crippen LogP contribution in [0, 0.1) is 5.92 Å². The fourth-order valence-electron chi connectivity index (χ4n) is 4.65. The molecule has 0 amide bonds. The molecule has 0 radical (unpaired) electrons. The van der Waals surface area contributed by atoms with Crippen molar-refractivity contribution in [1.82, 2.24) is 28.5 Å². The number of rotatable bonds is 6. The van der Waals surface area contributed by atoms with Crippen molar-refractivity contribution < 1.29 is 4.74 Å². The molecule has 3 aromatic heterocycles. The van der Waals surface area contributed by atoms with E-state index in [1.807, 2.05) is 68.1 Å². The molecular weight excluding hydrogens is 444 g/mol. The van der Waals surface area contributed by atoms with Crippen molar-refractivity contribution in [1.29, 1.82) is 0 Å². The number of aromatic nitrogens is 6. The number of nitrogens with zero attached hydrogens (tertiary/aromatic N) is 6. The first-order valence-electron chi connectivity index (χ1n) is 11.5. The van der Waals surface area contributed by atoms with Gasteiger partial charge in [0.25, 0.3) is 5.56 Å². The average molecular weight is 473 g/mol. The number of benzene rings is 2. The number of fused-ring (bicyclic) bond motifs is 2. The highest BCUT2D eigenvalue weighted by molar-refractivity contribution is 5.90. The van der Waals surface area contributed by atoms with Gasteiger partial charge in [-0.1, -0.05) is 44.2 Å². The molecule has 0 aliphatic rings. The van der Waals surface area contributed by atoms with Crippen LogP contribution in [0.1, 0.15) is 19.4 Å². The Balaban J connectivity index is 1.87. The Labute approximate surface area is 201 Å². The molecular formula is C26H28N6O3. The van der Waals surface area contributed by atoms with Gasteiger partial charge in [0.15, 0.2) is 11.5 Å². The van der Waals surface area contributed by atoms with Gasteiger partial charge in [0, 0.05) is 38.6 Å². The van der Waals surface area contributed by atoms with Crippen molar-refractivity contribution in [3.63, 3.8) is 0 Å². The molecule has 0 N–H and O–H groups in total. The summed E-state index contributed by atoms with van der Waals surface area (Å²) in [6, 6.07) is 12.0. The number of methoxy groups -OCH3 is 1. The van der Waals surface area contributed by atoms with E-state index in [0.717, 1.165) is 26.7 Å². The zero-order valence-electron chi connectivity index (χ0n) is 20.5. The van der Waals surface area contributed by atoms with E-state index in [1.165, 1.54) is 7.05 Å². The molecule has 0 bridgehead atoms. The van der Waals surface area contributed by atoms with Crippen LogP contribution in [0.5, 0.6) is 5.75 Å². The molecule has 180 valence electrons. The molecule has 0 unspecified atom stereocenters. The van der Waals surface area contributed by atoms with Crippen molar-refractivity contribution >= 4 is 21.8 Å². The van der Waals surface area contributed by atoms with Gasteiger partial charge in [0.05, 0.1) is 13.7 Å². The van der Waals surface area contributed by atoms with Gasteiger partial charge in [-0.3, -0.25) is 18.6 Å². The maximum atomic E-state index is 13.5. The predicted molar refractivity (Wildman–Crippen MR) is 136 cm³/mol. The summed E-state index contributed by atoms with van der Waals surface area (Å²) >= 11 is 0. The van der Waals surface area contributed by atoms with Crippen LogP contribution in [0.25, 0.3) is 33.3 Å². The molecule has 0 saturated carbocycles. The van der Waals surface area contributed by atoms with Crippen LogP contribution in [0.15, 0.2) is 58.4 Å². The second kappa shape index (κ2) is 8.57. The van der Waals surface area contributed by atoms with E-state index >= 15 is 0 Å². The number of hydrogen-bond donors (Lipinski definition) is 0. The fourth-order valence-corrected chi connectivity index (χ4v) is 4.65. The molecule has 3 heterocycles. The molecule has 35 heavy (non-hydrogen) atoms. The van der Waals surface area contributed by atoms with Gasteiger partial charge in [-0.15, -0.1) is 0 Å². The van der Waals surface area contributed by atoms with E-state index in [4.69, 9.17) is 9.84 Å². The van der Waals surface area contributed by atoms with E-state index in [-0.39, 0.29) is 17.2 Å². The van der Waals surface area contributed by atoms with Crippen LogP contribution < -0.4 is 16.0 Å². The Morgan fingerprint density at radius 3 is 2.51 bits per heavy atom. The zero-order valence-corrected chi connectivity index (χ0v) is 20.5. The topological polar surface area (TPSA) is 88.9 Å². The zero-order chi connectivity index (χ0) is 24.9. The smallest absolute Gasteiger partial charge is 0.332 e. The third-order valence-electron chi connectivity index (χ3n) is 6.33. The third-order valence-corrected chi connectivity index (χ3v) is 6.33. The molecule has 5 rings (SSSR count). The number of ether oxygens (including phenoxy) is 1. The molecule has 0 atom stereocenters. The van der Waals surface area contributed by atoms with Crippen LogP contribution in [0.3, 0.4) is 0 Å². The minimum Gasteiger partial charge on any atom is -0.496 e. The Hall–Kier alpha value is -4.14. The second-order valence-electron chi connectivity index (χ2n) is 9.19. The van der Waals surface area contributed by atoms with Crippen LogP contribution >= 0.6 is 0 Å². The summed E-state index contributed by atoms with van der Waals surface area (Å²) in [5.74, 6) is 1.51. The lowest BCUT2D eigenvalue weighted by Crippen LogP contribution is -2.38. The van der Waals surface area contributed by atoms with E-state index in [2.05, 4.69) is 4.98 Å². The third kappa shape index (κ3) is 3.63. The highest BCUT2D eigenvalue weighted by Crippen LogP contribution is 2.32. The molecule has 5 aromatic rings. The van der Waals surface area contributed by atoms with Gasteiger partial charge in [-0.25, -0.2) is 9.78 Å².